The molecule has 1 amide bonds. The molecule has 0 atom stereocenters. The van der Waals surface area contributed by atoms with Crippen LogP contribution in [0, 0.1) is 5.95 Å². The lowest BCUT2D eigenvalue weighted by molar-refractivity contribution is 0.0941. The number of halogens is 1. The molecule has 1 heterocycles. The number of amides is 1. The van der Waals surface area contributed by atoms with Crippen LogP contribution in [0.1, 0.15) is 10.5 Å². The predicted octanol–water partition coefficient (Wildman–Crippen LogP) is 0.529. The SMILES string of the molecule is COCCN(C)CCNC(=O)c1cccc(F)n1. The Balaban J connectivity index is 2.29. The van der Waals surface area contributed by atoms with E-state index in [-0.39, 0.29) is 11.6 Å². The third-order valence-corrected chi connectivity index (χ3v) is 2.40. The Hall–Kier alpha value is -1.53. The fourth-order valence-electron chi connectivity index (χ4n) is 1.34. The number of carbonyl (C=O) groups excluding carboxylic acids is 1. The second-order valence-electron chi connectivity index (χ2n) is 3.90. The maximum absolute atomic E-state index is 12.8. The third kappa shape index (κ3) is 5.20. The minimum Gasteiger partial charge on any atom is -0.383 e. The van der Waals surface area contributed by atoms with Crippen molar-refractivity contribution in [3.8, 4) is 0 Å². The van der Waals surface area contributed by atoms with Gasteiger partial charge in [-0.05, 0) is 19.2 Å². The summed E-state index contributed by atoms with van der Waals surface area (Å²) in [5.41, 5.74) is 0.0922. The molecule has 0 aliphatic heterocycles. The minimum absolute atomic E-state index is 0.0922. The van der Waals surface area contributed by atoms with Crippen molar-refractivity contribution in [2.45, 2.75) is 0 Å². The molecule has 0 unspecified atom stereocenters. The molecule has 0 saturated heterocycles. The van der Waals surface area contributed by atoms with Crippen LogP contribution in [0.2, 0.25) is 0 Å². The number of hydrogen-bond acceptors (Lipinski definition) is 4. The summed E-state index contributed by atoms with van der Waals surface area (Å²) in [6.07, 6.45) is 0. The zero-order valence-electron chi connectivity index (χ0n) is 10.6. The van der Waals surface area contributed by atoms with E-state index in [1.165, 1.54) is 18.2 Å². The van der Waals surface area contributed by atoms with E-state index >= 15 is 0 Å². The average molecular weight is 255 g/mol. The summed E-state index contributed by atoms with van der Waals surface area (Å²) >= 11 is 0. The molecule has 5 nitrogen and oxygen atoms in total. The highest BCUT2D eigenvalue weighted by Gasteiger charge is 2.07. The van der Waals surface area contributed by atoms with Gasteiger partial charge in [0.15, 0.2) is 0 Å². The van der Waals surface area contributed by atoms with Gasteiger partial charge in [0.1, 0.15) is 5.69 Å². The van der Waals surface area contributed by atoms with Crippen LogP contribution in [-0.2, 0) is 4.74 Å². The molecular formula is C12H18FN3O2. The lowest BCUT2D eigenvalue weighted by atomic mass is 10.3. The van der Waals surface area contributed by atoms with Gasteiger partial charge in [-0.2, -0.15) is 4.39 Å². The first kappa shape index (κ1) is 14.5. The van der Waals surface area contributed by atoms with Crippen LogP contribution < -0.4 is 5.32 Å². The number of pyridine rings is 1. The van der Waals surface area contributed by atoms with Crippen LogP contribution in [0.15, 0.2) is 18.2 Å². The fraction of sp³-hybridized carbons (Fsp3) is 0.500. The van der Waals surface area contributed by atoms with E-state index in [9.17, 15) is 9.18 Å². The Morgan fingerprint density at radius 2 is 2.28 bits per heavy atom. The molecule has 1 rings (SSSR count). The van der Waals surface area contributed by atoms with Crippen molar-refractivity contribution in [3.63, 3.8) is 0 Å². The molecule has 0 aliphatic carbocycles. The van der Waals surface area contributed by atoms with Gasteiger partial charge in [0, 0.05) is 26.7 Å². The number of hydrogen-bond donors (Lipinski definition) is 1. The zero-order valence-corrected chi connectivity index (χ0v) is 10.6. The number of carbonyl (C=O) groups is 1. The van der Waals surface area contributed by atoms with E-state index in [0.717, 1.165) is 6.54 Å². The number of methoxy groups -OCH3 is 1. The first-order valence-corrected chi connectivity index (χ1v) is 5.71. The molecule has 0 radical (unpaired) electrons. The molecule has 6 heteroatoms. The van der Waals surface area contributed by atoms with Gasteiger partial charge in [-0.15, -0.1) is 0 Å². The monoisotopic (exact) mass is 255 g/mol. The molecular weight excluding hydrogens is 237 g/mol. The van der Waals surface area contributed by atoms with Crippen LogP contribution >= 0.6 is 0 Å². The maximum atomic E-state index is 12.8. The van der Waals surface area contributed by atoms with Crippen molar-refractivity contribution >= 4 is 5.91 Å². The number of nitrogens with one attached hydrogen (secondary N) is 1. The van der Waals surface area contributed by atoms with Gasteiger partial charge < -0.3 is 15.0 Å². The van der Waals surface area contributed by atoms with E-state index in [1.54, 1.807) is 7.11 Å². The van der Waals surface area contributed by atoms with Crippen molar-refractivity contribution in [2.24, 2.45) is 0 Å². The first-order valence-electron chi connectivity index (χ1n) is 5.71. The second-order valence-corrected chi connectivity index (χ2v) is 3.90. The highest BCUT2D eigenvalue weighted by Crippen LogP contribution is 1.97. The standard InChI is InChI=1S/C12H18FN3O2/c1-16(8-9-18-2)7-6-14-12(17)10-4-3-5-11(13)15-10/h3-5H,6-9H2,1-2H3,(H,14,17). The summed E-state index contributed by atoms with van der Waals surface area (Å²) in [5.74, 6) is -1.02. The average Bonchev–Trinajstić information content (AvgIpc) is 2.36. The fourth-order valence-corrected chi connectivity index (χ4v) is 1.34. The molecule has 18 heavy (non-hydrogen) atoms. The summed E-state index contributed by atoms with van der Waals surface area (Å²) in [5, 5.41) is 2.68. The van der Waals surface area contributed by atoms with Crippen molar-refractivity contribution < 1.29 is 13.9 Å². The van der Waals surface area contributed by atoms with Crippen molar-refractivity contribution in [3.05, 3.63) is 29.8 Å². The summed E-state index contributed by atoms with van der Waals surface area (Å²) < 4.78 is 17.7. The highest BCUT2D eigenvalue weighted by atomic mass is 19.1. The Kier molecular flexibility index (Phi) is 6.24. The van der Waals surface area contributed by atoms with Crippen LogP contribution in [0.3, 0.4) is 0 Å². The smallest absolute Gasteiger partial charge is 0.270 e. The number of rotatable bonds is 7. The van der Waals surface area contributed by atoms with Crippen LogP contribution in [0.25, 0.3) is 0 Å². The van der Waals surface area contributed by atoms with Gasteiger partial charge in [-0.25, -0.2) is 4.98 Å². The van der Waals surface area contributed by atoms with Gasteiger partial charge in [0.2, 0.25) is 5.95 Å². The second kappa shape index (κ2) is 7.73. The Labute approximate surface area is 106 Å². The van der Waals surface area contributed by atoms with E-state index in [4.69, 9.17) is 4.74 Å². The van der Waals surface area contributed by atoms with Gasteiger partial charge in [0.05, 0.1) is 6.61 Å². The summed E-state index contributed by atoms with van der Waals surface area (Å²) in [7, 11) is 3.58. The number of aromatic nitrogens is 1. The lowest BCUT2D eigenvalue weighted by Crippen LogP contribution is -2.34. The predicted molar refractivity (Wildman–Crippen MR) is 65.9 cm³/mol. The number of likely N-dealkylation sites (N-methyl/N-ethyl adjacent to an activating group) is 1. The lowest BCUT2D eigenvalue weighted by Gasteiger charge is -2.15. The largest absolute Gasteiger partial charge is 0.383 e. The molecule has 1 N–H and O–H groups in total. The Morgan fingerprint density at radius 3 is 2.94 bits per heavy atom. The van der Waals surface area contributed by atoms with Crippen LogP contribution in [-0.4, -0.2) is 56.2 Å². The molecule has 100 valence electrons. The van der Waals surface area contributed by atoms with Crippen molar-refractivity contribution in [1.29, 1.82) is 0 Å². The molecule has 0 spiro atoms. The van der Waals surface area contributed by atoms with Crippen molar-refractivity contribution in [1.82, 2.24) is 15.2 Å². The molecule has 0 aliphatic rings. The highest BCUT2D eigenvalue weighted by molar-refractivity contribution is 5.92. The Bertz CT molecular complexity index is 387. The van der Waals surface area contributed by atoms with Gasteiger partial charge in [-0.1, -0.05) is 6.07 Å². The quantitative estimate of drug-likeness (QED) is 0.722. The van der Waals surface area contributed by atoms with Gasteiger partial charge in [-0.3, -0.25) is 4.79 Å². The van der Waals surface area contributed by atoms with E-state index in [1.807, 2.05) is 11.9 Å². The number of ether oxygens (including phenoxy) is 1. The molecule has 1 aromatic heterocycles. The molecule has 0 aromatic carbocycles. The van der Waals surface area contributed by atoms with E-state index < -0.39 is 5.95 Å². The first-order chi connectivity index (χ1) is 8.63. The van der Waals surface area contributed by atoms with Crippen molar-refractivity contribution in [2.75, 3.05) is 40.4 Å². The van der Waals surface area contributed by atoms with Gasteiger partial charge >= 0.3 is 0 Å². The summed E-state index contributed by atoms with van der Waals surface area (Å²) in [6.45, 7) is 2.63. The normalized spacial score (nSPS) is 10.7. The van der Waals surface area contributed by atoms with Gasteiger partial charge in [0.25, 0.3) is 5.91 Å². The summed E-state index contributed by atoms with van der Waals surface area (Å²) in [4.78, 5) is 17.1. The van der Waals surface area contributed by atoms with E-state index in [0.29, 0.717) is 19.7 Å². The maximum Gasteiger partial charge on any atom is 0.270 e. The molecule has 0 fully saturated rings. The van der Waals surface area contributed by atoms with Crippen LogP contribution in [0.5, 0.6) is 0 Å². The van der Waals surface area contributed by atoms with Crippen LogP contribution in [0.4, 0.5) is 4.39 Å². The molecule has 0 bridgehead atoms. The zero-order chi connectivity index (χ0) is 13.4. The Morgan fingerprint density at radius 1 is 1.50 bits per heavy atom. The topological polar surface area (TPSA) is 54.5 Å². The number of nitrogens with zero attached hydrogens (tertiary/aromatic N) is 2. The molecule has 1 aromatic rings. The summed E-state index contributed by atoms with van der Waals surface area (Å²) in [6, 6.07) is 4.14. The third-order valence-electron chi connectivity index (χ3n) is 2.40. The molecule has 0 saturated carbocycles. The minimum atomic E-state index is -0.653. The van der Waals surface area contributed by atoms with E-state index in [2.05, 4.69) is 10.3 Å².